The summed E-state index contributed by atoms with van der Waals surface area (Å²) < 4.78 is 0. The fraction of sp³-hybridized carbons (Fsp3) is 0.429. The van der Waals surface area contributed by atoms with Crippen molar-refractivity contribution in [3.05, 3.63) is 24.3 Å². The van der Waals surface area contributed by atoms with Crippen molar-refractivity contribution in [2.45, 2.75) is 19.8 Å². The average molecular weight is 298 g/mol. The van der Waals surface area contributed by atoms with Crippen molar-refractivity contribution >= 4 is 35.6 Å². The molecule has 0 atom stereocenters. The fourth-order valence-electron chi connectivity index (χ4n) is 2.21. The fourth-order valence-corrected chi connectivity index (χ4v) is 2.21. The molecule has 1 heterocycles. The van der Waals surface area contributed by atoms with Gasteiger partial charge in [-0.15, -0.1) is 12.4 Å². The van der Waals surface area contributed by atoms with Gasteiger partial charge in [0, 0.05) is 24.2 Å². The van der Waals surface area contributed by atoms with Gasteiger partial charge in [0.25, 0.3) is 0 Å². The zero-order valence-corrected chi connectivity index (χ0v) is 12.3. The summed E-state index contributed by atoms with van der Waals surface area (Å²) in [5.74, 6) is 0.00831. The summed E-state index contributed by atoms with van der Waals surface area (Å²) in [6, 6.07) is 7.19. The van der Waals surface area contributed by atoms with E-state index >= 15 is 0 Å². The van der Waals surface area contributed by atoms with E-state index in [1.54, 1.807) is 12.1 Å². The maximum Gasteiger partial charge on any atom is 0.227 e. The Bertz CT molecular complexity index is 473. The van der Waals surface area contributed by atoms with E-state index in [4.69, 9.17) is 0 Å². The summed E-state index contributed by atoms with van der Waals surface area (Å²) in [4.78, 5) is 23.1. The first-order valence-corrected chi connectivity index (χ1v) is 6.54. The molecule has 0 saturated carbocycles. The smallest absolute Gasteiger partial charge is 0.227 e. The zero-order valence-electron chi connectivity index (χ0n) is 11.4. The molecule has 5 nitrogen and oxygen atoms in total. The number of piperidine rings is 1. The molecule has 20 heavy (non-hydrogen) atoms. The minimum Gasteiger partial charge on any atom is -0.326 e. The molecule has 0 aromatic heterocycles. The third-order valence-electron chi connectivity index (χ3n) is 3.16. The van der Waals surface area contributed by atoms with Gasteiger partial charge >= 0.3 is 0 Å². The monoisotopic (exact) mass is 297 g/mol. The molecular weight excluding hydrogens is 278 g/mol. The summed E-state index contributed by atoms with van der Waals surface area (Å²) >= 11 is 0. The predicted molar refractivity (Wildman–Crippen MR) is 82.2 cm³/mol. The lowest BCUT2D eigenvalue weighted by molar-refractivity contribution is -0.120. The highest BCUT2D eigenvalue weighted by Crippen LogP contribution is 2.18. The molecule has 0 bridgehead atoms. The van der Waals surface area contributed by atoms with E-state index in [1.807, 2.05) is 12.1 Å². The van der Waals surface area contributed by atoms with Crippen LogP contribution in [0.15, 0.2) is 24.3 Å². The molecule has 1 aliphatic rings. The third kappa shape index (κ3) is 4.83. The molecule has 1 aromatic rings. The van der Waals surface area contributed by atoms with E-state index in [2.05, 4.69) is 16.0 Å². The minimum absolute atomic E-state index is 0. The number of rotatable bonds is 3. The van der Waals surface area contributed by atoms with Crippen molar-refractivity contribution < 1.29 is 9.59 Å². The quantitative estimate of drug-likeness (QED) is 0.799. The minimum atomic E-state index is -0.123. The van der Waals surface area contributed by atoms with Crippen LogP contribution in [0.1, 0.15) is 19.8 Å². The van der Waals surface area contributed by atoms with Crippen LogP contribution in [0.25, 0.3) is 0 Å². The van der Waals surface area contributed by atoms with Crippen LogP contribution in [0, 0.1) is 5.92 Å². The first kappa shape index (κ1) is 16.5. The molecule has 0 radical (unpaired) electrons. The number of nitrogens with one attached hydrogen (secondary N) is 3. The number of carbonyl (C=O) groups is 2. The first-order chi connectivity index (χ1) is 9.15. The topological polar surface area (TPSA) is 70.2 Å². The Morgan fingerprint density at radius 1 is 1.15 bits per heavy atom. The summed E-state index contributed by atoms with van der Waals surface area (Å²) in [7, 11) is 0. The lowest BCUT2D eigenvalue weighted by atomic mass is 9.97. The van der Waals surface area contributed by atoms with Crippen LogP contribution < -0.4 is 16.0 Å². The number of amides is 2. The second-order valence-electron chi connectivity index (χ2n) is 4.78. The van der Waals surface area contributed by atoms with Gasteiger partial charge in [-0.2, -0.15) is 0 Å². The molecule has 1 aromatic carbocycles. The Kier molecular flexibility index (Phi) is 6.48. The normalized spacial score (nSPS) is 15.1. The van der Waals surface area contributed by atoms with Gasteiger partial charge in [-0.1, -0.05) is 6.07 Å². The van der Waals surface area contributed by atoms with Crippen molar-refractivity contribution in [1.82, 2.24) is 5.32 Å². The van der Waals surface area contributed by atoms with Gasteiger partial charge in [0.1, 0.15) is 0 Å². The summed E-state index contributed by atoms with van der Waals surface area (Å²) in [5.41, 5.74) is 1.41. The second-order valence-corrected chi connectivity index (χ2v) is 4.78. The molecule has 2 rings (SSSR count). The van der Waals surface area contributed by atoms with Gasteiger partial charge in [-0.3, -0.25) is 9.59 Å². The number of carbonyl (C=O) groups excluding carboxylic acids is 2. The number of hydrogen-bond donors (Lipinski definition) is 3. The van der Waals surface area contributed by atoms with E-state index < -0.39 is 0 Å². The van der Waals surface area contributed by atoms with Gasteiger partial charge in [0.15, 0.2) is 0 Å². The molecule has 1 fully saturated rings. The molecule has 0 unspecified atom stereocenters. The number of anilines is 2. The van der Waals surface area contributed by atoms with Crippen LogP contribution in [0.3, 0.4) is 0 Å². The summed E-state index contributed by atoms with van der Waals surface area (Å²) in [6.45, 7) is 3.24. The second kappa shape index (κ2) is 7.87. The highest BCUT2D eigenvalue weighted by Gasteiger charge is 2.20. The van der Waals surface area contributed by atoms with Crippen molar-refractivity contribution in [2.75, 3.05) is 23.7 Å². The van der Waals surface area contributed by atoms with Gasteiger partial charge in [-0.25, -0.2) is 0 Å². The standard InChI is InChI=1S/C14H19N3O2.ClH/c1-10(18)16-12-3-2-4-13(9-12)17-14(19)11-5-7-15-8-6-11;/h2-4,9,11,15H,5-8H2,1H3,(H,16,18)(H,17,19);1H. The maximum atomic E-state index is 12.1. The molecule has 0 aliphatic carbocycles. The Hall–Kier alpha value is -1.59. The molecule has 1 aliphatic heterocycles. The highest BCUT2D eigenvalue weighted by atomic mass is 35.5. The van der Waals surface area contributed by atoms with E-state index in [0.717, 1.165) is 31.6 Å². The van der Waals surface area contributed by atoms with E-state index in [9.17, 15) is 9.59 Å². The molecule has 0 spiro atoms. The SMILES string of the molecule is CC(=O)Nc1cccc(NC(=O)C2CCNCC2)c1.Cl. The van der Waals surface area contributed by atoms with E-state index in [0.29, 0.717) is 5.69 Å². The Morgan fingerprint density at radius 3 is 2.35 bits per heavy atom. The molecule has 6 heteroatoms. The number of benzene rings is 1. The van der Waals surface area contributed by atoms with Gasteiger partial charge in [-0.05, 0) is 44.1 Å². The lowest BCUT2D eigenvalue weighted by Crippen LogP contribution is -2.34. The maximum absolute atomic E-state index is 12.1. The summed E-state index contributed by atoms with van der Waals surface area (Å²) in [5, 5.41) is 8.84. The van der Waals surface area contributed by atoms with Crippen LogP contribution in [0.4, 0.5) is 11.4 Å². The van der Waals surface area contributed by atoms with Crippen LogP contribution in [-0.2, 0) is 9.59 Å². The third-order valence-corrected chi connectivity index (χ3v) is 3.16. The number of hydrogen-bond acceptors (Lipinski definition) is 3. The van der Waals surface area contributed by atoms with E-state index in [-0.39, 0.29) is 30.1 Å². The van der Waals surface area contributed by atoms with Gasteiger partial charge in [0.05, 0.1) is 0 Å². The van der Waals surface area contributed by atoms with Gasteiger partial charge in [0.2, 0.25) is 11.8 Å². The Labute approximate surface area is 124 Å². The largest absolute Gasteiger partial charge is 0.326 e. The Morgan fingerprint density at radius 2 is 1.75 bits per heavy atom. The van der Waals surface area contributed by atoms with Crippen molar-refractivity contribution in [3.63, 3.8) is 0 Å². The zero-order chi connectivity index (χ0) is 13.7. The highest BCUT2D eigenvalue weighted by molar-refractivity contribution is 5.94. The average Bonchev–Trinajstić information content (AvgIpc) is 2.39. The molecule has 2 amide bonds. The van der Waals surface area contributed by atoms with Gasteiger partial charge < -0.3 is 16.0 Å². The van der Waals surface area contributed by atoms with Crippen LogP contribution >= 0.6 is 12.4 Å². The van der Waals surface area contributed by atoms with Crippen LogP contribution in [-0.4, -0.2) is 24.9 Å². The van der Waals surface area contributed by atoms with Crippen molar-refractivity contribution in [2.24, 2.45) is 5.92 Å². The van der Waals surface area contributed by atoms with Crippen molar-refractivity contribution in [3.8, 4) is 0 Å². The molecule has 3 N–H and O–H groups in total. The van der Waals surface area contributed by atoms with E-state index in [1.165, 1.54) is 6.92 Å². The number of halogens is 1. The molecular formula is C14H20ClN3O2. The lowest BCUT2D eigenvalue weighted by Gasteiger charge is -2.21. The molecule has 110 valence electrons. The van der Waals surface area contributed by atoms with Crippen LogP contribution in [0.5, 0.6) is 0 Å². The van der Waals surface area contributed by atoms with Crippen molar-refractivity contribution in [1.29, 1.82) is 0 Å². The Balaban J connectivity index is 0.00000200. The predicted octanol–water partition coefficient (Wildman–Crippen LogP) is 2.00. The van der Waals surface area contributed by atoms with Crippen LogP contribution in [0.2, 0.25) is 0 Å². The molecule has 1 saturated heterocycles. The first-order valence-electron chi connectivity index (χ1n) is 6.54. The summed E-state index contributed by atoms with van der Waals surface area (Å²) in [6.07, 6.45) is 1.74.